The normalized spacial score (nSPS) is 17.0. The van der Waals surface area contributed by atoms with Gasteiger partial charge >= 0.3 is 0 Å². The van der Waals surface area contributed by atoms with E-state index in [9.17, 15) is 13.2 Å². The Bertz CT molecular complexity index is 1070. The first-order valence-corrected chi connectivity index (χ1v) is 12.6. The van der Waals surface area contributed by atoms with Gasteiger partial charge in [-0.25, -0.2) is 13.8 Å². The number of amides is 1. The van der Waals surface area contributed by atoms with Gasteiger partial charge in [0.15, 0.2) is 0 Å². The molecular formula is C24H30ClN3O3S. The molecule has 0 radical (unpaired) electrons. The van der Waals surface area contributed by atoms with E-state index in [1.807, 2.05) is 0 Å². The highest BCUT2D eigenvalue weighted by atomic mass is 35.5. The van der Waals surface area contributed by atoms with Gasteiger partial charge in [-0.3, -0.25) is 9.10 Å². The van der Waals surface area contributed by atoms with Gasteiger partial charge in [0.1, 0.15) is 6.54 Å². The fourth-order valence-corrected chi connectivity index (χ4v) is 5.66. The Kier molecular flexibility index (Phi) is 7.62. The van der Waals surface area contributed by atoms with E-state index in [1.165, 1.54) is 12.1 Å². The number of hydrazone groups is 1. The van der Waals surface area contributed by atoms with E-state index in [0.717, 1.165) is 35.7 Å². The third-order valence-electron chi connectivity index (χ3n) is 5.87. The summed E-state index contributed by atoms with van der Waals surface area (Å²) in [5, 5.41) is 4.53. The van der Waals surface area contributed by atoms with Crippen LogP contribution in [-0.4, -0.2) is 26.6 Å². The largest absolute Gasteiger partial charge is 0.271 e. The van der Waals surface area contributed by atoms with Crippen molar-refractivity contribution in [1.82, 2.24) is 5.43 Å². The maximum atomic E-state index is 13.3. The molecule has 2 aromatic carbocycles. The first kappa shape index (κ1) is 24.3. The van der Waals surface area contributed by atoms with Crippen molar-refractivity contribution in [2.45, 2.75) is 51.3 Å². The van der Waals surface area contributed by atoms with Crippen LogP contribution in [-0.2, 0) is 14.8 Å². The van der Waals surface area contributed by atoms with Crippen LogP contribution in [0.25, 0.3) is 0 Å². The van der Waals surface area contributed by atoms with Crippen molar-refractivity contribution in [3.8, 4) is 0 Å². The number of halogens is 1. The number of para-hydroxylation sites is 1. The summed E-state index contributed by atoms with van der Waals surface area (Å²) in [4.78, 5) is 12.8. The molecule has 32 heavy (non-hydrogen) atoms. The van der Waals surface area contributed by atoms with E-state index in [1.54, 1.807) is 42.5 Å². The van der Waals surface area contributed by atoms with Gasteiger partial charge in [0.25, 0.3) is 15.9 Å². The highest BCUT2D eigenvalue weighted by Gasteiger charge is 2.30. The molecule has 1 aliphatic carbocycles. The monoisotopic (exact) mass is 475 g/mol. The SMILES string of the molecule is CC(C)(C)C1CCC(=NNC(=O)CN(c2ccccc2Cl)S(=O)(=O)c2ccccc2)CC1. The highest BCUT2D eigenvalue weighted by Crippen LogP contribution is 2.36. The van der Waals surface area contributed by atoms with Gasteiger partial charge in [-0.15, -0.1) is 0 Å². The Morgan fingerprint density at radius 3 is 2.25 bits per heavy atom. The fourth-order valence-electron chi connectivity index (χ4n) is 3.91. The first-order valence-electron chi connectivity index (χ1n) is 10.8. The molecular weight excluding hydrogens is 446 g/mol. The number of carbonyl (C=O) groups is 1. The summed E-state index contributed by atoms with van der Waals surface area (Å²) < 4.78 is 27.6. The Labute approximate surface area is 195 Å². The highest BCUT2D eigenvalue weighted by molar-refractivity contribution is 7.92. The number of hydrogen-bond acceptors (Lipinski definition) is 4. The number of nitrogens with zero attached hydrogens (tertiary/aromatic N) is 2. The molecule has 2 aromatic rings. The summed E-state index contributed by atoms with van der Waals surface area (Å²) in [6.07, 6.45) is 3.73. The number of sulfonamides is 1. The fraction of sp³-hybridized carbons (Fsp3) is 0.417. The van der Waals surface area contributed by atoms with Gasteiger partial charge < -0.3 is 0 Å². The molecule has 0 heterocycles. The van der Waals surface area contributed by atoms with E-state index in [0.29, 0.717) is 5.92 Å². The van der Waals surface area contributed by atoms with Gasteiger partial charge in [0, 0.05) is 5.71 Å². The van der Waals surface area contributed by atoms with Gasteiger partial charge in [-0.05, 0) is 61.3 Å². The van der Waals surface area contributed by atoms with E-state index >= 15 is 0 Å². The summed E-state index contributed by atoms with van der Waals surface area (Å²) in [6, 6.07) is 14.5. The molecule has 1 amide bonds. The number of nitrogens with one attached hydrogen (secondary N) is 1. The van der Waals surface area contributed by atoms with Crippen LogP contribution in [0.15, 0.2) is 64.6 Å². The van der Waals surface area contributed by atoms with Crippen LogP contribution in [0.2, 0.25) is 5.02 Å². The molecule has 0 saturated heterocycles. The second-order valence-electron chi connectivity index (χ2n) is 9.13. The quantitative estimate of drug-likeness (QED) is 0.580. The van der Waals surface area contributed by atoms with Crippen LogP contribution in [0, 0.1) is 11.3 Å². The molecule has 3 rings (SSSR count). The third-order valence-corrected chi connectivity index (χ3v) is 7.96. The smallest absolute Gasteiger partial charge is 0.264 e. The lowest BCUT2D eigenvalue weighted by atomic mass is 9.72. The van der Waals surface area contributed by atoms with Crippen LogP contribution < -0.4 is 9.73 Å². The zero-order valence-electron chi connectivity index (χ0n) is 18.7. The molecule has 172 valence electrons. The number of hydrogen-bond donors (Lipinski definition) is 1. The average molecular weight is 476 g/mol. The summed E-state index contributed by atoms with van der Waals surface area (Å²) in [5.41, 5.74) is 3.99. The number of carbonyl (C=O) groups excluding carboxylic acids is 1. The number of benzene rings is 2. The van der Waals surface area contributed by atoms with Crippen LogP contribution in [0.1, 0.15) is 46.5 Å². The van der Waals surface area contributed by atoms with Gasteiger partial charge in [0.05, 0.1) is 15.6 Å². The van der Waals surface area contributed by atoms with Crippen molar-refractivity contribution < 1.29 is 13.2 Å². The second kappa shape index (κ2) is 10.0. The molecule has 1 saturated carbocycles. The molecule has 0 aromatic heterocycles. The lowest BCUT2D eigenvalue weighted by Gasteiger charge is -2.34. The molecule has 8 heteroatoms. The van der Waals surface area contributed by atoms with Gasteiger partial charge in [-0.2, -0.15) is 5.10 Å². The number of anilines is 1. The lowest BCUT2D eigenvalue weighted by Crippen LogP contribution is -2.40. The minimum absolute atomic E-state index is 0.0829. The van der Waals surface area contributed by atoms with Crippen LogP contribution in [0.3, 0.4) is 0 Å². The standard InChI is InChI=1S/C24H30ClN3O3S/c1-24(2,3)18-13-15-19(16-14-18)26-27-23(29)17-28(22-12-8-7-11-21(22)25)32(30,31)20-9-5-4-6-10-20/h4-12,18H,13-17H2,1-3H3,(H,27,29). The Morgan fingerprint density at radius 2 is 1.66 bits per heavy atom. The van der Waals surface area contributed by atoms with Gasteiger partial charge in [0.2, 0.25) is 0 Å². The van der Waals surface area contributed by atoms with Crippen molar-refractivity contribution >= 4 is 38.9 Å². The van der Waals surface area contributed by atoms with E-state index in [4.69, 9.17) is 11.6 Å². The van der Waals surface area contributed by atoms with E-state index in [-0.39, 0.29) is 21.0 Å². The average Bonchev–Trinajstić information content (AvgIpc) is 2.77. The van der Waals surface area contributed by atoms with E-state index < -0.39 is 22.5 Å². The Balaban J connectivity index is 1.76. The second-order valence-corrected chi connectivity index (χ2v) is 11.4. The van der Waals surface area contributed by atoms with Crippen molar-refractivity contribution in [3.63, 3.8) is 0 Å². The molecule has 1 N–H and O–H groups in total. The predicted molar refractivity (Wildman–Crippen MR) is 129 cm³/mol. The van der Waals surface area contributed by atoms with Crippen LogP contribution >= 0.6 is 11.6 Å². The summed E-state index contributed by atoms with van der Waals surface area (Å²) in [6.45, 7) is 6.32. The molecule has 0 spiro atoms. The first-order chi connectivity index (χ1) is 15.1. The van der Waals surface area contributed by atoms with Crippen LogP contribution in [0.5, 0.6) is 0 Å². The van der Waals surface area contributed by atoms with Crippen molar-refractivity contribution in [2.75, 3.05) is 10.8 Å². The van der Waals surface area contributed by atoms with Crippen molar-refractivity contribution in [3.05, 3.63) is 59.6 Å². The molecule has 1 fully saturated rings. The Morgan fingerprint density at radius 1 is 1.06 bits per heavy atom. The topological polar surface area (TPSA) is 78.8 Å². The molecule has 0 unspecified atom stereocenters. The summed E-state index contributed by atoms with van der Waals surface area (Å²) in [7, 11) is -4.00. The Hall–Kier alpha value is -2.38. The molecule has 0 bridgehead atoms. The summed E-state index contributed by atoms with van der Waals surface area (Å²) in [5.74, 6) is 0.110. The van der Waals surface area contributed by atoms with Crippen molar-refractivity contribution in [2.24, 2.45) is 16.4 Å². The maximum absolute atomic E-state index is 13.3. The number of rotatable bonds is 6. The third kappa shape index (κ3) is 5.90. The lowest BCUT2D eigenvalue weighted by molar-refractivity contribution is -0.119. The minimum atomic E-state index is -4.00. The van der Waals surface area contributed by atoms with E-state index in [2.05, 4.69) is 31.3 Å². The molecule has 1 aliphatic rings. The zero-order valence-corrected chi connectivity index (χ0v) is 20.3. The minimum Gasteiger partial charge on any atom is -0.271 e. The molecule has 0 aliphatic heterocycles. The predicted octanol–water partition coefficient (Wildman–Crippen LogP) is 5.24. The van der Waals surface area contributed by atoms with Gasteiger partial charge in [-0.1, -0.05) is 62.7 Å². The molecule has 0 atom stereocenters. The van der Waals surface area contributed by atoms with Crippen LogP contribution in [0.4, 0.5) is 5.69 Å². The summed E-state index contributed by atoms with van der Waals surface area (Å²) >= 11 is 6.28. The van der Waals surface area contributed by atoms with Crippen molar-refractivity contribution in [1.29, 1.82) is 0 Å². The molecule has 6 nitrogen and oxygen atoms in total. The zero-order chi connectivity index (χ0) is 23.4. The maximum Gasteiger partial charge on any atom is 0.264 e.